The zero-order valence-electron chi connectivity index (χ0n) is 23.9. The van der Waals surface area contributed by atoms with E-state index in [9.17, 15) is 9.59 Å². The van der Waals surface area contributed by atoms with Gasteiger partial charge in [0.25, 0.3) is 5.91 Å². The number of morpholine rings is 1. The molecule has 4 heterocycles. The first-order chi connectivity index (χ1) is 19.8. The molecule has 5 rings (SSSR count). The monoisotopic (exact) mass is 560 g/mol. The molecule has 12 nitrogen and oxygen atoms in total. The number of unbranched alkanes of at least 4 members (excludes halogenated alkanes) is 1. The molecular formula is C29H36N8O4. The molecule has 1 fully saturated rings. The zero-order valence-corrected chi connectivity index (χ0v) is 23.9. The molecule has 0 bridgehead atoms. The van der Waals surface area contributed by atoms with Gasteiger partial charge in [-0.2, -0.15) is 10.1 Å². The van der Waals surface area contributed by atoms with Crippen molar-refractivity contribution in [3.8, 4) is 17.1 Å². The van der Waals surface area contributed by atoms with Crippen LogP contribution in [0, 0.1) is 6.92 Å². The molecule has 0 unspecified atom stereocenters. The van der Waals surface area contributed by atoms with Gasteiger partial charge >= 0.3 is 0 Å². The summed E-state index contributed by atoms with van der Waals surface area (Å²) in [7, 11) is 3.65. The SMILES string of the molecule is CCCCOc1c(-c2cc(C(=O)/N=c3\[nH]c4cc(NC(=O)CN5CCOCC5)ccc4n3C)cc(C)n2)cnn1C. The maximum absolute atomic E-state index is 13.3. The van der Waals surface area contributed by atoms with Gasteiger partial charge in [0.05, 0.1) is 54.9 Å². The zero-order chi connectivity index (χ0) is 28.9. The molecule has 0 aliphatic carbocycles. The van der Waals surface area contributed by atoms with Crippen molar-refractivity contribution < 1.29 is 19.1 Å². The number of hydrogen-bond acceptors (Lipinski definition) is 7. The Morgan fingerprint density at radius 1 is 1.17 bits per heavy atom. The largest absolute Gasteiger partial charge is 0.477 e. The van der Waals surface area contributed by atoms with Gasteiger partial charge in [-0.3, -0.25) is 19.5 Å². The Bertz CT molecular complexity index is 1630. The standard InChI is InChI=1S/C29H36N8O4/c1-5-6-11-41-28-22(17-30-36(28)4)23-15-20(14-19(2)31-23)27(39)34-29-33-24-16-21(7-8-25(24)35(29)3)32-26(38)18-37-9-12-40-13-10-37/h7-8,14-17H,5-6,9-13,18H2,1-4H3,(H,32,38)(H,33,34,39). The average Bonchev–Trinajstić information content (AvgIpc) is 3.47. The van der Waals surface area contributed by atoms with Crippen LogP contribution < -0.4 is 15.7 Å². The van der Waals surface area contributed by atoms with Crippen molar-refractivity contribution in [3.63, 3.8) is 0 Å². The molecule has 1 aliphatic rings. The lowest BCUT2D eigenvalue weighted by molar-refractivity contribution is -0.118. The number of amides is 2. The fourth-order valence-corrected chi connectivity index (χ4v) is 4.77. The summed E-state index contributed by atoms with van der Waals surface area (Å²) in [6.45, 7) is 7.60. The lowest BCUT2D eigenvalue weighted by Crippen LogP contribution is -2.41. The predicted molar refractivity (Wildman–Crippen MR) is 155 cm³/mol. The molecule has 2 N–H and O–H groups in total. The van der Waals surface area contributed by atoms with Gasteiger partial charge in [-0.1, -0.05) is 13.3 Å². The van der Waals surface area contributed by atoms with Crippen molar-refractivity contribution >= 4 is 28.5 Å². The van der Waals surface area contributed by atoms with E-state index in [2.05, 4.69) is 37.2 Å². The molecule has 216 valence electrons. The molecular weight excluding hydrogens is 524 g/mol. The quantitative estimate of drug-likeness (QED) is 0.301. The number of H-pyrrole nitrogens is 1. The van der Waals surface area contributed by atoms with Crippen molar-refractivity contribution in [3.05, 3.63) is 53.4 Å². The van der Waals surface area contributed by atoms with Gasteiger partial charge in [0, 0.05) is 44.1 Å². The van der Waals surface area contributed by atoms with Crippen molar-refractivity contribution in [1.29, 1.82) is 0 Å². The third-order valence-corrected chi connectivity index (χ3v) is 6.98. The van der Waals surface area contributed by atoms with E-state index in [-0.39, 0.29) is 5.91 Å². The minimum absolute atomic E-state index is 0.0846. The molecule has 3 aromatic heterocycles. The van der Waals surface area contributed by atoms with E-state index in [0.29, 0.717) is 60.5 Å². The number of fused-ring (bicyclic) bond motifs is 1. The van der Waals surface area contributed by atoms with Gasteiger partial charge in [0.2, 0.25) is 17.4 Å². The summed E-state index contributed by atoms with van der Waals surface area (Å²) < 4.78 is 14.8. The summed E-state index contributed by atoms with van der Waals surface area (Å²) in [5.74, 6) is 0.121. The smallest absolute Gasteiger partial charge is 0.280 e. The molecule has 12 heteroatoms. The van der Waals surface area contributed by atoms with Crippen LogP contribution in [0.1, 0.15) is 35.8 Å². The molecule has 0 atom stereocenters. The number of anilines is 1. The lowest BCUT2D eigenvalue weighted by Gasteiger charge is -2.25. The molecule has 2 amide bonds. The van der Waals surface area contributed by atoms with Crippen LogP contribution in [0.25, 0.3) is 22.3 Å². The molecule has 1 saturated heterocycles. The number of carbonyl (C=O) groups excluding carboxylic acids is 2. The summed E-state index contributed by atoms with van der Waals surface area (Å²) in [6.07, 6.45) is 3.65. The van der Waals surface area contributed by atoms with Gasteiger partial charge < -0.3 is 24.3 Å². The number of imidazole rings is 1. The molecule has 1 aromatic carbocycles. The van der Waals surface area contributed by atoms with E-state index < -0.39 is 5.91 Å². The minimum atomic E-state index is -0.407. The fraction of sp³-hybridized carbons (Fsp3) is 0.414. The number of aromatic nitrogens is 5. The van der Waals surface area contributed by atoms with Crippen molar-refractivity contribution in [2.45, 2.75) is 26.7 Å². The topological polar surface area (TPSA) is 132 Å². The second-order valence-electron chi connectivity index (χ2n) is 10.2. The Labute approximate surface area is 238 Å². The van der Waals surface area contributed by atoms with Gasteiger partial charge in [-0.05, 0) is 43.7 Å². The number of ether oxygens (including phenoxy) is 2. The third kappa shape index (κ3) is 6.55. The Morgan fingerprint density at radius 2 is 1.98 bits per heavy atom. The van der Waals surface area contributed by atoms with Crippen LogP contribution in [0.15, 0.2) is 41.5 Å². The first-order valence-corrected chi connectivity index (χ1v) is 13.8. The van der Waals surface area contributed by atoms with Crippen LogP contribution in [-0.4, -0.2) is 80.5 Å². The number of nitrogens with zero attached hydrogens (tertiary/aromatic N) is 6. The molecule has 0 spiro atoms. The van der Waals surface area contributed by atoms with Crippen molar-refractivity contribution in [2.75, 3.05) is 44.8 Å². The van der Waals surface area contributed by atoms with E-state index in [0.717, 1.165) is 42.5 Å². The number of aryl methyl sites for hydroxylation is 3. The first-order valence-electron chi connectivity index (χ1n) is 13.8. The van der Waals surface area contributed by atoms with Crippen molar-refractivity contribution in [1.82, 2.24) is 29.2 Å². The second kappa shape index (κ2) is 12.5. The lowest BCUT2D eigenvalue weighted by atomic mass is 10.1. The number of aromatic amines is 1. The van der Waals surface area contributed by atoms with Crippen LogP contribution in [0.2, 0.25) is 0 Å². The second-order valence-corrected chi connectivity index (χ2v) is 10.2. The average molecular weight is 561 g/mol. The summed E-state index contributed by atoms with van der Waals surface area (Å²) in [4.78, 5) is 40.2. The predicted octanol–water partition coefficient (Wildman–Crippen LogP) is 2.80. The highest BCUT2D eigenvalue weighted by molar-refractivity contribution is 5.96. The van der Waals surface area contributed by atoms with E-state index in [1.54, 1.807) is 23.0 Å². The van der Waals surface area contributed by atoms with Gasteiger partial charge in [0.15, 0.2) is 0 Å². The third-order valence-electron chi connectivity index (χ3n) is 6.98. The first kappa shape index (κ1) is 28.2. The number of carbonyl (C=O) groups is 2. The molecule has 4 aromatic rings. The maximum atomic E-state index is 13.3. The number of pyridine rings is 1. The number of hydrogen-bond donors (Lipinski definition) is 2. The fourth-order valence-electron chi connectivity index (χ4n) is 4.77. The number of nitrogens with one attached hydrogen (secondary N) is 2. The van der Waals surface area contributed by atoms with Crippen LogP contribution >= 0.6 is 0 Å². The van der Waals surface area contributed by atoms with Crippen LogP contribution in [0.4, 0.5) is 5.69 Å². The van der Waals surface area contributed by atoms with E-state index in [1.807, 2.05) is 43.8 Å². The van der Waals surface area contributed by atoms with E-state index in [1.165, 1.54) is 0 Å². The Kier molecular flexibility index (Phi) is 8.60. The van der Waals surface area contributed by atoms with Crippen molar-refractivity contribution in [2.24, 2.45) is 19.1 Å². The minimum Gasteiger partial charge on any atom is -0.477 e. The normalized spacial score (nSPS) is 14.5. The molecule has 41 heavy (non-hydrogen) atoms. The summed E-state index contributed by atoms with van der Waals surface area (Å²) in [5.41, 5.74) is 5.06. The number of rotatable bonds is 9. The van der Waals surface area contributed by atoms with Crippen LogP contribution in [0.5, 0.6) is 5.88 Å². The Balaban J connectivity index is 1.37. The highest BCUT2D eigenvalue weighted by Crippen LogP contribution is 2.29. The Hall–Kier alpha value is -4.29. The van der Waals surface area contributed by atoms with E-state index in [4.69, 9.17) is 9.47 Å². The highest BCUT2D eigenvalue weighted by atomic mass is 16.5. The summed E-state index contributed by atoms with van der Waals surface area (Å²) in [6, 6.07) is 9.00. The van der Waals surface area contributed by atoms with Crippen LogP contribution in [-0.2, 0) is 23.6 Å². The molecule has 0 radical (unpaired) electrons. The highest BCUT2D eigenvalue weighted by Gasteiger charge is 2.18. The molecule has 1 aliphatic heterocycles. The van der Waals surface area contributed by atoms with Gasteiger partial charge in [0.1, 0.15) is 0 Å². The summed E-state index contributed by atoms with van der Waals surface area (Å²) >= 11 is 0. The summed E-state index contributed by atoms with van der Waals surface area (Å²) in [5, 5.41) is 7.29. The van der Waals surface area contributed by atoms with Gasteiger partial charge in [-0.25, -0.2) is 4.68 Å². The Morgan fingerprint density at radius 3 is 2.76 bits per heavy atom. The maximum Gasteiger partial charge on any atom is 0.280 e. The van der Waals surface area contributed by atoms with E-state index >= 15 is 0 Å². The van der Waals surface area contributed by atoms with Crippen LogP contribution in [0.3, 0.4) is 0 Å². The molecule has 0 saturated carbocycles. The number of benzene rings is 1. The van der Waals surface area contributed by atoms with Gasteiger partial charge in [-0.15, -0.1) is 0 Å².